The van der Waals surface area contributed by atoms with Gasteiger partial charge < -0.3 is 21.7 Å². The topological polar surface area (TPSA) is 127 Å². The van der Waals surface area contributed by atoms with Crippen LogP contribution < -0.4 is 11.5 Å². The molecule has 0 heterocycles. The summed E-state index contributed by atoms with van der Waals surface area (Å²) in [5.41, 5.74) is 11.7. The standard InChI is InChI=1S/2C7H5Br2NO2/c2*8-3-1-2-4(9)6(10)5(3)7(11)12/h2*1-2H,10H2,(H,11,12). The Morgan fingerprint density at radius 3 is 1.12 bits per heavy atom. The zero-order valence-electron chi connectivity index (χ0n) is 11.7. The molecule has 0 aliphatic heterocycles. The largest absolute Gasteiger partial charge is 0.478 e. The van der Waals surface area contributed by atoms with Crippen LogP contribution in [0.1, 0.15) is 20.7 Å². The lowest BCUT2D eigenvalue weighted by Crippen LogP contribution is -2.03. The van der Waals surface area contributed by atoms with E-state index < -0.39 is 11.9 Å². The molecule has 128 valence electrons. The highest BCUT2D eigenvalue weighted by atomic mass is 79.9. The highest BCUT2D eigenvalue weighted by molar-refractivity contribution is 9.11. The van der Waals surface area contributed by atoms with E-state index in [0.717, 1.165) is 0 Å². The van der Waals surface area contributed by atoms with Crippen molar-refractivity contribution in [2.75, 3.05) is 11.5 Å². The number of anilines is 2. The molecular weight excluding hydrogens is 580 g/mol. The van der Waals surface area contributed by atoms with Gasteiger partial charge >= 0.3 is 11.9 Å². The number of aromatic carboxylic acids is 2. The molecule has 0 saturated carbocycles. The van der Waals surface area contributed by atoms with Gasteiger partial charge in [-0.3, -0.25) is 0 Å². The van der Waals surface area contributed by atoms with Crippen molar-refractivity contribution in [2.45, 2.75) is 0 Å². The minimum absolute atomic E-state index is 0.0874. The number of halogens is 4. The van der Waals surface area contributed by atoms with E-state index in [1.165, 1.54) is 0 Å². The predicted octanol–water partition coefficient (Wildman–Crippen LogP) is 4.98. The second-order valence-electron chi connectivity index (χ2n) is 4.25. The second-order valence-corrected chi connectivity index (χ2v) is 7.66. The van der Waals surface area contributed by atoms with Crippen LogP contribution in [-0.2, 0) is 0 Å². The highest BCUT2D eigenvalue weighted by Gasteiger charge is 2.14. The molecule has 2 aromatic carbocycles. The first kappa shape index (κ1) is 20.9. The molecule has 0 bridgehead atoms. The number of carbonyl (C=O) groups is 2. The van der Waals surface area contributed by atoms with Gasteiger partial charge in [0.05, 0.1) is 22.5 Å². The van der Waals surface area contributed by atoms with E-state index in [1.54, 1.807) is 24.3 Å². The summed E-state index contributed by atoms with van der Waals surface area (Å²) in [6, 6.07) is 6.63. The second kappa shape index (κ2) is 8.84. The Bertz CT molecular complexity index is 744. The lowest BCUT2D eigenvalue weighted by molar-refractivity contribution is 0.0686. The monoisotopic (exact) mass is 586 g/mol. The average Bonchev–Trinajstić information content (AvgIpc) is 2.48. The zero-order valence-corrected chi connectivity index (χ0v) is 18.0. The number of nitrogens with two attached hydrogens (primary N) is 2. The van der Waals surface area contributed by atoms with Crippen molar-refractivity contribution in [2.24, 2.45) is 0 Å². The summed E-state index contributed by atoms with van der Waals surface area (Å²) in [5, 5.41) is 17.5. The Morgan fingerprint density at radius 1 is 0.667 bits per heavy atom. The minimum atomic E-state index is -1.04. The third-order valence-corrected chi connectivity index (χ3v) is 5.42. The van der Waals surface area contributed by atoms with E-state index in [4.69, 9.17) is 21.7 Å². The number of benzene rings is 2. The van der Waals surface area contributed by atoms with Crippen LogP contribution in [0.2, 0.25) is 0 Å². The van der Waals surface area contributed by atoms with Gasteiger partial charge in [0, 0.05) is 17.9 Å². The molecule has 0 aliphatic carbocycles. The zero-order chi connectivity index (χ0) is 18.6. The maximum atomic E-state index is 10.7. The Morgan fingerprint density at radius 2 is 0.917 bits per heavy atom. The molecular formula is C14H10Br4N2O4. The van der Waals surface area contributed by atoms with Crippen molar-refractivity contribution >= 4 is 87.0 Å². The van der Waals surface area contributed by atoms with Gasteiger partial charge in [-0.2, -0.15) is 0 Å². The van der Waals surface area contributed by atoms with Crippen molar-refractivity contribution < 1.29 is 19.8 Å². The fourth-order valence-electron chi connectivity index (χ4n) is 1.57. The van der Waals surface area contributed by atoms with Crippen molar-refractivity contribution in [3.63, 3.8) is 0 Å². The Kier molecular flexibility index (Phi) is 7.71. The Balaban J connectivity index is 0.000000240. The quantitative estimate of drug-likeness (QED) is 0.366. The fourth-order valence-corrected chi connectivity index (χ4v) is 3.26. The molecule has 6 N–H and O–H groups in total. The van der Waals surface area contributed by atoms with Crippen LogP contribution in [0.3, 0.4) is 0 Å². The third kappa shape index (κ3) is 4.95. The third-order valence-electron chi connectivity index (χ3n) is 2.71. The molecule has 0 spiro atoms. The first-order valence-electron chi connectivity index (χ1n) is 6.01. The predicted molar refractivity (Wildman–Crippen MR) is 106 cm³/mol. The number of hydrogen-bond donors (Lipinski definition) is 4. The molecule has 0 radical (unpaired) electrons. The Hall–Kier alpha value is -1.10. The van der Waals surface area contributed by atoms with E-state index in [9.17, 15) is 9.59 Å². The van der Waals surface area contributed by atoms with Crippen LogP contribution in [0.5, 0.6) is 0 Å². The van der Waals surface area contributed by atoms with Crippen LogP contribution in [0.15, 0.2) is 42.2 Å². The summed E-state index contributed by atoms with van der Waals surface area (Å²) in [5.74, 6) is -2.08. The van der Waals surface area contributed by atoms with Crippen LogP contribution >= 0.6 is 63.7 Å². The molecule has 0 saturated heterocycles. The molecule has 0 amide bonds. The summed E-state index contributed by atoms with van der Waals surface area (Å²) in [6.45, 7) is 0. The van der Waals surface area contributed by atoms with Gasteiger partial charge in [0.15, 0.2) is 0 Å². The van der Waals surface area contributed by atoms with E-state index in [2.05, 4.69) is 63.7 Å². The van der Waals surface area contributed by atoms with Crippen LogP contribution in [0.25, 0.3) is 0 Å². The first-order chi connectivity index (χ1) is 11.1. The highest BCUT2D eigenvalue weighted by Crippen LogP contribution is 2.30. The molecule has 24 heavy (non-hydrogen) atoms. The normalized spacial score (nSPS) is 9.83. The molecule has 0 aromatic heterocycles. The minimum Gasteiger partial charge on any atom is -0.478 e. The summed E-state index contributed by atoms with van der Waals surface area (Å²) in [7, 11) is 0. The lowest BCUT2D eigenvalue weighted by Gasteiger charge is -2.04. The van der Waals surface area contributed by atoms with E-state index in [-0.39, 0.29) is 22.5 Å². The van der Waals surface area contributed by atoms with E-state index in [1.807, 2.05) is 0 Å². The Labute approximate surface area is 170 Å². The maximum absolute atomic E-state index is 10.7. The summed E-state index contributed by atoms with van der Waals surface area (Å²) >= 11 is 12.5. The van der Waals surface area contributed by atoms with Crippen molar-refractivity contribution in [1.29, 1.82) is 0 Å². The first-order valence-corrected chi connectivity index (χ1v) is 9.18. The number of hydrogen-bond acceptors (Lipinski definition) is 4. The summed E-state index contributed by atoms with van der Waals surface area (Å²) in [6.07, 6.45) is 0. The summed E-state index contributed by atoms with van der Waals surface area (Å²) < 4.78 is 2.14. The summed E-state index contributed by atoms with van der Waals surface area (Å²) in [4.78, 5) is 21.3. The van der Waals surface area contributed by atoms with Crippen molar-refractivity contribution in [3.05, 3.63) is 53.3 Å². The molecule has 0 aliphatic rings. The molecule has 0 fully saturated rings. The number of carboxylic acid groups (broad SMARTS) is 2. The van der Waals surface area contributed by atoms with Crippen molar-refractivity contribution in [3.8, 4) is 0 Å². The van der Waals surface area contributed by atoms with Crippen LogP contribution in [0, 0.1) is 0 Å². The van der Waals surface area contributed by atoms with Gasteiger partial charge in [-0.05, 0) is 88.0 Å². The number of rotatable bonds is 2. The van der Waals surface area contributed by atoms with Gasteiger partial charge in [-0.1, -0.05) is 0 Å². The van der Waals surface area contributed by atoms with Crippen molar-refractivity contribution in [1.82, 2.24) is 0 Å². The van der Waals surface area contributed by atoms with E-state index in [0.29, 0.717) is 17.9 Å². The molecule has 10 heteroatoms. The molecule has 0 atom stereocenters. The number of carboxylic acids is 2. The van der Waals surface area contributed by atoms with Gasteiger partial charge in [0.1, 0.15) is 0 Å². The van der Waals surface area contributed by atoms with Gasteiger partial charge in [0.25, 0.3) is 0 Å². The fraction of sp³-hybridized carbons (Fsp3) is 0. The SMILES string of the molecule is Nc1c(Br)ccc(Br)c1C(=O)O.Nc1c(Br)ccc(Br)c1C(=O)O. The molecule has 2 aromatic rings. The lowest BCUT2D eigenvalue weighted by atomic mass is 10.2. The van der Waals surface area contributed by atoms with Gasteiger partial charge in [0.2, 0.25) is 0 Å². The molecule has 2 rings (SSSR count). The number of nitrogen functional groups attached to an aromatic ring is 2. The van der Waals surface area contributed by atoms with E-state index >= 15 is 0 Å². The average molecular weight is 590 g/mol. The van der Waals surface area contributed by atoms with Gasteiger partial charge in [-0.25, -0.2) is 9.59 Å². The maximum Gasteiger partial charge on any atom is 0.338 e. The van der Waals surface area contributed by atoms with Crippen LogP contribution in [0.4, 0.5) is 11.4 Å². The van der Waals surface area contributed by atoms with Crippen LogP contribution in [-0.4, -0.2) is 22.2 Å². The smallest absolute Gasteiger partial charge is 0.338 e. The molecule has 6 nitrogen and oxygen atoms in total. The molecule has 0 unspecified atom stereocenters. The van der Waals surface area contributed by atoms with Gasteiger partial charge in [-0.15, -0.1) is 0 Å².